The van der Waals surface area contributed by atoms with Gasteiger partial charge in [-0.05, 0) is 63.3 Å². The van der Waals surface area contributed by atoms with Crippen LogP contribution in [0.1, 0.15) is 45.1 Å². The molecule has 1 aliphatic carbocycles. The largest absolute Gasteiger partial charge is 0.491 e. The fourth-order valence-corrected chi connectivity index (χ4v) is 3.13. The van der Waals surface area contributed by atoms with Gasteiger partial charge in [0, 0.05) is 6.04 Å². The molecular formula is C16H25NO. The molecule has 0 aliphatic heterocycles. The number of ether oxygens (including phenoxy) is 1. The van der Waals surface area contributed by atoms with Crippen LogP contribution in [0.5, 0.6) is 5.75 Å². The lowest BCUT2D eigenvalue weighted by Gasteiger charge is -2.21. The molecule has 2 rings (SSSR count). The van der Waals surface area contributed by atoms with Gasteiger partial charge in [0.15, 0.2) is 0 Å². The van der Waals surface area contributed by atoms with Crippen LogP contribution >= 0.6 is 0 Å². The molecule has 2 nitrogen and oxygen atoms in total. The molecular weight excluding hydrogens is 222 g/mol. The molecule has 1 N–H and O–H groups in total. The Balaban J connectivity index is 2.14. The summed E-state index contributed by atoms with van der Waals surface area (Å²) in [6.45, 7) is 6.50. The second-order valence-electron chi connectivity index (χ2n) is 5.68. The third-order valence-corrected chi connectivity index (χ3v) is 4.09. The fraction of sp³-hybridized carbons (Fsp3) is 0.625. The van der Waals surface area contributed by atoms with E-state index in [1.165, 1.54) is 18.4 Å². The van der Waals surface area contributed by atoms with Crippen molar-refractivity contribution in [2.75, 3.05) is 7.05 Å². The highest BCUT2D eigenvalue weighted by molar-refractivity contribution is 5.32. The minimum absolute atomic E-state index is 0.242. The van der Waals surface area contributed by atoms with Gasteiger partial charge in [0.25, 0.3) is 0 Å². The van der Waals surface area contributed by atoms with Gasteiger partial charge in [-0.25, -0.2) is 0 Å². The standard InChI is InChI=1S/C16H25NO/c1-11(2)18-14-7-5-6-13(10-14)15-8-9-16(17-4)12(15)3/h5-7,10-12,15-17H,8-9H2,1-4H3. The van der Waals surface area contributed by atoms with Gasteiger partial charge in [-0.3, -0.25) is 0 Å². The minimum atomic E-state index is 0.242. The van der Waals surface area contributed by atoms with Crippen LogP contribution in [-0.4, -0.2) is 19.2 Å². The molecule has 100 valence electrons. The molecule has 0 radical (unpaired) electrons. The van der Waals surface area contributed by atoms with Crippen LogP contribution < -0.4 is 10.1 Å². The quantitative estimate of drug-likeness (QED) is 0.878. The summed E-state index contributed by atoms with van der Waals surface area (Å²) in [5, 5.41) is 3.43. The van der Waals surface area contributed by atoms with Crippen molar-refractivity contribution < 1.29 is 4.74 Å². The molecule has 3 atom stereocenters. The van der Waals surface area contributed by atoms with Gasteiger partial charge >= 0.3 is 0 Å². The van der Waals surface area contributed by atoms with Gasteiger partial charge in [-0.15, -0.1) is 0 Å². The monoisotopic (exact) mass is 247 g/mol. The number of hydrogen-bond donors (Lipinski definition) is 1. The SMILES string of the molecule is CNC1CCC(c2cccc(OC(C)C)c2)C1C. The molecule has 1 saturated carbocycles. The molecule has 1 aromatic carbocycles. The topological polar surface area (TPSA) is 21.3 Å². The van der Waals surface area contributed by atoms with Crippen molar-refractivity contribution in [2.45, 2.75) is 51.7 Å². The maximum absolute atomic E-state index is 5.79. The zero-order chi connectivity index (χ0) is 13.1. The van der Waals surface area contributed by atoms with E-state index in [0.717, 1.165) is 5.75 Å². The smallest absolute Gasteiger partial charge is 0.119 e. The molecule has 1 fully saturated rings. The van der Waals surface area contributed by atoms with Gasteiger partial charge in [-0.2, -0.15) is 0 Å². The number of rotatable bonds is 4. The summed E-state index contributed by atoms with van der Waals surface area (Å²) in [5.74, 6) is 2.37. The zero-order valence-corrected chi connectivity index (χ0v) is 11.9. The Kier molecular flexibility index (Phi) is 4.28. The lowest BCUT2D eigenvalue weighted by molar-refractivity contribution is 0.242. The molecule has 0 spiro atoms. The van der Waals surface area contributed by atoms with Crippen LogP contribution in [0.4, 0.5) is 0 Å². The molecule has 0 aromatic heterocycles. The average molecular weight is 247 g/mol. The predicted molar refractivity (Wildman–Crippen MR) is 76.2 cm³/mol. The molecule has 0 heterocycles. The highest BCUT2D eigenvalue weighted by Gasteiger charge is 2.32. The van der Waals surface area contributed by atoms with Crippen molar-refractivity contribution >= 4 is 0 Å². The summed E-state index contributed by atoms with van der Waals surface area (Å²) in [5.41, 5.74) is 1.43. The maximum atomic E-state index is 5.79. The Morgan fingerprint density at radius 3 is 2.67 bits per heavy atom. The molecule has 0 bridgehead atoms. The van der Waals surface area contributed by atoms with Crippen molar-refractivity contribution in [3.63, 3.8) is 0 Å². The Morgan fingerprint density at radius 2 is 2.06 bits per heavy atom. The summed E-state index contributed by atoms with van der Waals surface area (Å²) >= 11 is 0. The van der Waals surface area contributed by atoms with Crippen LogP contribution in [0.3, 0.4) is 0 Å². The first-order valence-corrected chi connectivity index (χ1v) is 7.05. The summed E-state index contributed by atoms with van der Waals surface area (Å²) < 4.78 is 5.79. The van der Waals surface area contributed by atoms with Crippen LogP contribution in [0.25, 0.3) is 0 Å². The second kappa shape index (κ2) is 5.75. The Labute approximate surface area is 111 Å². The summed E-state index contributed by atoms with van der Waals surface area (Å²) in [6, 6.07) is 9.29. The van der Waals surface area contributed by atoms with Crippen molar-refractivity contribution in [3.8, 4) is 5.75 Å². The molecule has 0 saturated heterocycles. The third-order valence-electron chi connectivity index (χ3n) is 4.09. The molecule has 2 heteroatoms. The minimum Gasteiger partial charge on any atom is -0.491 e. The van der Waals surface area contributed by atoms with Crippen molar-refractivity contribution in [1.29, 1.82) is 0 Å². The van der Waals surface area contributed by atoms with Gasteiger partial charge in [-0.1, -0.05) is 19.1 Å². The third kappa shape index (κ3) is 2.86. The Hall–Kier alpha value is -1.02. The van der Waals surface area contributed by atoms with E-state index >= 15 is 0 Å². The molecule has 0 amide bonds. The summed E-state index contributed by atoms with van der Waals surface area (Å²) in [4.78, 5) is 0. The van der Waals surface area contributed by atoms with E-state index in [2.05, 4.69) is 57.4 Å². The van der Waals surface area contributed by atoms with E-state index in [-0.39, 0.29) is 6.10 Å². The lowest BCUT2D eigenvalue weighted by atomic mass is 9.89. The predicted octanol–water partition coefficient (Wildman–Crippen LogP) is 3.58. The highest BCUT2D eigenvalue weighted by Crippen LogP contribution is 2.40. The van der Waals surface area contributed by atoms with E-state index in [1.807, 2.05) is 0 Å². The lowest BCUT2D eigenvalue weighted by Crippen LogP contribution is -2.28. The van der Waals surface area contributed by atoms with E-state index < -0.39 is 0 Å². The van der Waals surface area contributed by atoms with Gasteiger partial charge in [0.05, 0.1) is 6.10 Å². The van der Waals surface area contributed by atoms with Gasteiger partial charge in [0.2, 0.25) is 0 Å². The number of nitrogens with one attached hydrogen (secondary N) is 1. The van der Waals surface area contributed by atoms with Crippen LogP contribution in [0.15, 0.2) is 24.3 Å². The van der Waals surface area contributed by atoms with E-state index in [1.54, 1.807) is 0 Å². The Morgan fingerprint density at radius 1 is 1.28 bits per heavy atom. The molecule has 3 unspecified atom stereocenters. The van der Waals surface area contributed by atoms with Crippen LogP contribution in [0, 0.1) is 5.92 Å². The zero-order valence-electron chi connectivity index (χ0n) is 11.9. The van der Waals surface area contributed by atoms with Gasteiger partial charge < -0.3 is 10.1 Å². The van der Waals surface area contributed by atoms with Crippen LogP contribution in [0.2, 0.25) is 0 Å². The van der Waals surface area contributed by atoms with Crippen molar-refractivity contribution in [1.82, 2.24) is 5.32 Å². The first kappa shape index (κ1) is 13.4. The molecule has 1 aromatic rings. The summed E-state index contributed by atoms with van der Waals surface area (Å²) in [7, 11) is 2.07. The fourth-order valence-electron chi connectivity index (χ4n) is 3.13. The molecule has 18 heavy (non-hydrogen) atoms. The summed E-state index contributed by atoms with van der Waals surface area (Å²) in [6.07, 6.45) is 2.79. The first-order chi connectivity index (χ1) is 8.61. The second-order valence-corrected chi connectivity index (χ2v) is 5.68. The van der Waals surface area contributed by atoms with E-state index in [4.69, 9.17) is 4.74 Å². The van der Waals surface area contributed by atoms with E-state index in [0.29, 0.717) is 17.9 Å². The van der Waals surface area contributed by atoms with Crippen molar-refractivity contribution in [3.05, 3.63) is 29.8 Å². The first-order valence-electron chi connectivity index (χ1n) is 7.05. The molecule has 1 aliphatic rings. The van der Waals surface area contributed by atoms with Gasteiger partial charge in [0.1, 0.15) is 5.75 Å². The number of hydrogen-bond acceptors (Lipinski definition) is 2. The van der Waals surface area contributed by atoms with Crippen molar-refractivity contribution in [2.24, 2.45) is 5.92 Å². The average Bonchev–Trinajstić information content (AvgIpc) is 2.70. The normalized spacial score (nSPS) is 27.7. The number of benzene rings is 1. The maximum Gasteiger partial charge on any atom is 0.119 e. The Bertz CT molecular complexity index is 388. The van der Waals surface area contributed by atoms with E-state index in [9.17, 15) is 0 Å². The highest BCUT2D eigenvalue weighted by atomic mass is 16.5. The van der Waals surface area contributed by atoms with Crippen LogP contribution in [-0.2, 0) is 0 Å².